The number of anilines is 1. The predicted molar refractivity (Wildman–Crippen MR) is 130 cm³/mol. The standard InChI is InChI=1S/C24H28ClFN6O/c1-4-17-13-32(23-21-19(28-24(33)30-23)10-11-20(25)29-21)18(5-2)12-31(17)22(14(3)27)15-6-8-16(26)9-7-15/h6-11,17-18,22H,3-5,12-13,27H2,1-2H3,(H,28,30,33)/t17-,18?,22?/m1/s1. The number of fused-ring (bicyclic) bond motifs is 1. The van der Waals surface area contributed by atoms with Crippen LogP contribution in [0.15, 0.2) is 53.5 Å². The zero-order valence-electron chi connectivity index (χ0n) is 18.8. The maximum Gasteiger partial charge on any atom is 0.347 e. The molecule has 0 saturated carbocycles. The van der Waals surface area contributed by atoms with Crippen molar-refractivity contribution in [2.24, 2.45) is 5.73 Å². The quantitative estimate of drug-likeness (QED) is 0.529. The average molecular weight is 471 g/mol. The largest absolute Gasteiger partial charge is 0.401 e. The summed E-state index contributed by atoms with van der Waals surface area (Å²) in [5.41, 5.74) is 8.43. The summed E-state index contributed by atoms with van der Waals surface area (Å²) in [5.74, 6) is 0.243. The number of pyridine rings is 1. The van der Waals surface area contributed by atoms with Crippen LogP contribution in [0.5, 0.6) is 0 Å². The molecule has 174 valence electrons. The topological polar surface area (TPSA) is 91.1 Å². The Bertz CT molecular complexity index is 1210. The first-order valence-corrected chi connectivity index (χ1v) is 11.5. The zero-order valence-corrected chi connectivity index (χ0v) is 19.5. The highest BCUT2D eigenvalue weighted by Crippen LogP contribution is 2.35. The van der Waals surface area contributed by atoms with Crippen molar-refractivity contribution in [2.75, 3.05) is 18.0 Å². The van der Waals surface area contributed by atoms with E-state index in [1.807, 2.05) is 0 Å². The molecule has 3 aromatic rings. The van der Waals surface area contributed by atoms with Gasteiger partial charge in [-0.15, -0.1) is 0 Å². The molecule has 2 aromatic heterocycles. The Morgan fingerprint density at radius 3 is 2.52 bits per heavy atom. The van der Waals surface area contributed by atoms with E-state index in [-0.39, 0.29) is 23.9 Å². The van der Waals surface area contributed by atoms with E-state index in [0.29, 0.717) is 40.8 Å². The molecule has 0 aliphatic carbocycles. The number of aromatic amines is 1. The van der Waals surface area contributed by atoms with Crippen molar-refractivity contribution in [2.45, 2.75) is 44.8 Å². The van der Waals surface area contributed by atoms with Gasteiger partial charge in [-0.1, -0.05) is 44.2 Å². The monoisotopic (exact) mass is 470 g/mol. The summed E-state index contributed by atoms with van der Waals surface area (Å²) in [6.45, 7) is 9.54. The molecule has 0 radical (unpaired) electrons. The van der Waals surface area contributed by atoms with E-state index < -0.39 is 5.69 Å². The number of nitrogens with zero attached hydrogens (tertiary/aromatic N) is 4. The van der Waals surface area contributed by atoms with E-state index in [4.69, 9.17) is 17.3 Å². The van der Waals surface area contributed by atoms with Gasteiger partial charge in [0.25, 0.3) is 0 Å². The van der Waals surface area contributed by atoms with Gasteiger partial charge in [-0.2, -0.15) is 4.98 Å². The Balaban J connectivity index is 1.76. The Labute approximate surface area is 197 Å². The van der Waals surface area contributed by atoms with Gasteiger partial charge in [0.05, 0.1) is 11.6 Å². The SMILES string of the molecule is C=C(N)C(c1ccc(F)cc1)N1CC(CC)N(c2nc(=O)[nH]c3ccc(Cl)nc23)C[C@H]1CC. The van der Waals surface area contributed by atoms with Gasteiger partial charge in [-0.3, -0.25) is 4.90 Å². The smallest absolute Gasteiger partial charge is 0.347 e. The molecule has 0 amide bonds. The van der Waals surface area contributed by atoms with Gasteiger partial charge in [0, 0.05) is 30.9 Å². The Morgan fingerprint density at radius 1 is 1.18 bits per heavy atom. The molecule has 3 atom stereocenters. The molecular weight excluding hydrogens is 443 g/mol. The van der Waals surface area contributed by atoms with Crippen LogP contribution < -0.4 is 16.3 Å². The van der Waals surface area contributed by atoms with Crippen molar-refractivity contribution in [3.05, 3.63) is 75.7 Å². The number of aromatic nitrogens is 3. The molecule has 3 N–H and O–H groups in total. The number of rotatable bonds is 6. The molecule has 33 heavy (non-hydrogen) atoms. The van der Waals surface area contributed by atoms with Crippen molar-refractivity contribution >= 4 is 28.5 Å². The molecular formula is C24H28ClFN6O. The van der Waals surface area contributed by atoms with Crippen molar-refractivity contribution < 1.29 is 4.39 Å². The lowest BCUT2D eigenvalue weighted by Gasteiger charge is -2.49. The molecule has 1 fully saturated rings. The number of nitrogens with one attached hydrogen (secondary N) is 1. The van der Waals surface area contributed by atoms with Crippen LogP contribution in [0.25, 0.3) is 11.0 Å². The first-order valence-electron chi connectivity index (χ1n) is 11.1. The Hall–Kier alpha value is -2.97. The van der Waals surface area contributed by atoms with E-state index in [0.717, 1.165) is 18.4 Å². The summed E-state index contributed by atoms with van der Waals surface area (Å²) < 4.78 is 13.6. The average Bonchev–Trinajstić information content (AvgIpc) is 2.79. The van der Waals surface area contributed by atoms with Crippen molar-refractivity contribution in [3.63, 3.8) is 0 Å². The normalized spacial score (nSPS) is 20.2. The van der Waals surface area contributed by atoms with Crippen LogP contribution in [0.1, 0.15) is 38.3 Å². The minimum absolute atomic E-state index is 0.0494. The molecule has 1 aliphatic rings. The maximum absolute atomic E-state index is 13.6. The van der Waals surface area contributed by atoms with E-state index in [2.05, 4.69) is 45.2 Å². The molecule has 0 bridgehead atoms. The highest BCUT2D eigenvalue weighted by Gasteiger charge is 2.38. The lowest BCUT2D eigenvalue weighted by atomic mass is 9.95. The summed E-state index contributed by atoms with van der Waals surface area (Å²) in [4.78, 5) is 28.3. The lowest BCUT2D eigenvalue weighted by molar-refractivity contribution is 0.108. The maximum atomic E-state index is 13.6. The van der Waals surface area contributed by atoms with Crippen molar-refractivity contribution in [1.29, 1.82) is 0 Å². The third-order valence-electron chi connectivity index (χ3n) is 6.34. The fourth-order valence-corrected chi connectivity index (χ4v) is 4.87. The minimum Gasteiger partial charge on any atom is -0.401 e. The van der Waals surface area contributed by atoms with E-state index >= 15 is 0 Å². The molecule has 9 heteroatoms. The molecule has 3 heterocycles. The summed E-state index contributed by atoms with van der Waals surface area (Å²) in [6.07, 6.45) is 1.66. The molecule has 0 spiro atoms. The molecule has 1 aromatic carbocycles. The second-order valence-corrected chi connectivity index (χ2v) is 8.79. The highest BCUT2D eigenvalue weighted by atomic mass is 35.5. The van der Waals surface area contributed by atoms with Gasteiger partial charge in [-0.25, -0.2) is 14.2 Å². The molecule has 7 nitrogen and oxygen atoms in total. The summed E-state index contributed by atoms with van der Waals surface area (Å²) in [7, 11) is 0. The summed E-state index contributed by atoms with van der Waals surface area (Å²) >= 11 is 6.17. The van der Waals surface area contributed by atoms with Crippen molar-refractivity contribution in [1.82, 2.24) is 19.9 Å². The third-order valence-corrected chi connectivity index (χ3v) is 6.55. The number of benzene rings is 1. The van der Waals surface area contributed by atoms with Gasteiger partial charge in [0.2, 0.25) is 0 Å². The van der Waals surface area contributed by atoms with Crippen LogP contribution >= 0.6 is 11.6 Å². The number of nitrogens with two attached hydrogens (primary N) is 1. The van der Waals surface area contributed by atoms with Gasteiger partial charge in [0.1, 0.15) is 16.5 Å². The first-order chi connectivity index (χ1) is 15.8. The van der Waals surface area contributed by atoms with Gasteiger partial charge < -0.3 is 15.6 Å². The minimum atomic E-state index is -0.425. The number of hydrogen-bond donors (Lipinski definition) is 2. The molecule has 2 unspecified atom stereocenters. The van der Waals surface area contributed by atoms with E-state index in [1.165, 1.54) is 12.1 Å². The second-order valence-electron chi connectivity index (χ2n) is 8.40. The molecule has 1 aliphatic heterocycles. The van der Waals surface area contributed by atoms with Crippen LogP contribution in [-0.4, -0.2) is 45.0 Å². The fraction of sp³-hybridized carbons (Fsp3) is 0.375. The van der Waals surface area contributed by atoms with Gasteiger partial charge >= 0.3 is 5.69 Å². The number of halogens is 2. The lowest BCUT2D eigenvalue weighted by Crippen LogP contribution is -2.59. The van der Waals surface area contributed by atoms with Crippen LogP contribution in [-0.2, 0) is 0 Å². The van der Waals surface area contributed by atoms with E-state index in [9.17, 15) is 9.18 Å². The zero-order chi connectivity index (χ0) is 23.7. The van der Waals surface area contributed by atoms with Crippen LogP contribution in [0.3, 0.4) is 0 Å². The van der Waals surface area contributed by atoms with Crippen LogP contribution in [0.4, 0.5) is 10.2 Å². The fourth-order valence-electron chi connectivity index (χ4n) is 4.72. The Morgan fingerprint density at radius 2 is 1.88 bits per heavy atom. The Kier molecular flexibility index (Phi) is 6.67. The summed E-state index contributed by atoms with van der Waals surface area (Å²) in [5, 5.41) is 0.340. The molecule has 4 rings (SSSR count). The van der Waals surface area contributed by atoms with Crippen molar-refractivity contribution in [3.8, 4) is 0 Å². The second kappa shape index (κ2) is 9.49. The number of piperazine rings is 1. The van der Waals surface area contributed by atoms with Gasteiger partial charge in [0.15, 0.2) is 5.82 Å². The van der Waals surface area contributed by atoms with Crippen LogP contribution in [0.2, 0.25) is 5.15 Å². The third kappa shape index (κ3) is 4.58. The highest BCUT2D eigenvalue weighted by molar-refractivity contribution is 6.29. The molecule has 1 saturated heterocycles. The number of hydrogen-bond acceptors (Lipinski definition) is 6. The summed E-state index contributed by atoms with van der Waals surface area (Å²) in [6, 6.07) is 9.70. The van der Waals surface area contributed by atoms with Crippen LogP contribution in [0, 0.1) is 5.82 Å². The predicted octanol–water partition coefficient (Wildman–Crippen LogP) is 4.00. The van der Waals surface area contributed by atoms with Gasteiger partial charge in [-0.05, 0) is 42.7 Å². The first kappa shape index (κ1) is 23.2. The van der Waals surface area contributed by atoms with E-state index in [1.54, 1.807) is 24.3 Å². The number of H-pyrrole nitrogens is 1.